The Labute approximate surface area is 127 Å². The topological polar surface area (TPSA) is 29.5 Å². The predicted molar refractivity (Wildman–Crippen MR) is 87.2 cm³/mol. The molecule has 112 valence electrons. The van der Waals surface area contributed by atoms with E-state index in [0.29, 0.717) is 5.75 Å². The summed E-state index contributed by atoms with van der Waals surface area (Å²) >= 11 is 0. The molecule has 2 aromatic carbocycles. The van der Waals surface area contributed by atoms with Crippen molar-refractivity contribution in [3.63, 3.8) is 0 Å². The lowest BCUT2D eigenvalue weighted by Crippen LogP contribution is -1.89. The van der Waals surface area contributed by atoms with Gasteiger partial charge in [-0.2, -0.15) is 0 Å². The molecule has 2 heteroatoms. The Hall–Kier alpha value is -1.96. The van der Waals surface area contributed by atoms with Gasteiger partial charge in [-0.05, 0) is 54.7 Å². The van der Waals surface area contributed by atoms with Crippen molar-refractivity contribution in [2.45, 2.75) is 46.0 Å². The maximum atomic E-state index is 9.96. The van der Waals surface area contributed by atoms with Gasteiger partial charge in [0.2, 0.25) is 0 Å². The molecule has 1 N–H and O–H groups in total. The van der Waals surface area contributed by atoms with Gasteiger partial charge < -0.3 is 9.84 Å². The summed E-state index contributed by atoms with van der Waals surface area (Å²) < 4.78 is 5.74. The molecule has 0 aliphatic carbocycles. The highest BCUT2D eigenvalue weighted by Gasteiger charge is 2.05. The lowest BCUT2D eigenvalue weighted by molar-refractivity contribution is 0.410. The number of benzene rings is 2. The molecule has 0 unspecified atom stereocenters. The van der Waals surface area contributed by atoms with Crippen molar-refractivity contribution in [1.29, 1.82) is 0 Å². The Morgan fingerprint density at radius 3 is 2.24 bits per heavy atom. The second kappa shape index (κ2) is 7.72. The molecule has 0 aliphatic heterocycles. The van der Waals surface area contributed by atoms with Crippen LogP contribution in [0, 0.1) is 0 Å². The van der Waals surface area contributed by atoms with Crippen LogP contribution in [0.1, 0.15) is 44.2 Å². The van der Waals surface area contributed by atoms with E-state index in [-0.39, 0.29) is 5.75 Å². The van der Waals surface area contributed by atoms with Crippen LogP contribution in [0.2, 0.25) is 0 Å². The van der Waals surface area contributed by atoms with Gasteiger partial charge in [0.25, 0.3) is 0 Å². The van der Waals surface area contributed by atoms with Crippen molar-refractivity contribution in [3.8, 4) is 17.2 Å². The molecule has 2 aromatic rings. The van der Waals surface area contributed by atoms with Crippen molar-refractivity contribution in [3.05, 3.63) is 53.6 Å². The van der Waals surface area contributed by atoms with Crippen LogP contribution in [-0.2, 0) is 12.8 Å². The summed E-state index contributed by atoms with van der Waals surface area (Å²) in [6.07, 6.45) is 5.77. The van der Waals surface area contributed by atoms with Crippen molar-refractivity contribution in [2.24, 2.45) is 0 Å². The third-order valence-electron chi connectivity index (χ3n) is 3.65. The number of hydrogen-bond donors (Lipinski definition) is 1. The van der Waals surface area contributed by atoms with E-state index in [1.54, 1.807) is 6.07 Å². The van der Waals surface area contributed by atoms with E-state index in [9.17, 15) is 5.11 Å². The molecule has 0 aliphatic rings. The number of aryl methyl sites for hydroxylation is 2. The maximum absolute atomic E-state index is 9.96. The number of rotatable bonds is 7. The number of ether oxygens (including phenoxy) is 1. The van der Waals surface area contributed by atoms with Gasteiger partial charge in [-0.15, -0.1) is 0 Å². The fraction of sp³-hybridized carbons (Fsp3) is 0.368. The Bertz CT molecular complexity index is 558. The average Bonchev–Trinajstić information content (AvgIpc) is 2.51. The monoisotopic (exact) mass is 284 g/mol. The van der Waals surface area contributed by atoms with Crippen LogP contribution < -0.4 is 4.74 Å². The number of phenolic OH excluding ortho intramolecular Hbond substituents is 1. The molecule has 0 atom stereocenters. The lowest BCUT2D eigenvalue weighted by Gasteiger charge is -2.09. The van der Waals surface area contributed by atoms with Gasteiger partial charge in [0.05, 0.1) is 0 Å². The standard InChI is InChI=1S/C19H24O2/c1-3-5-6-7-16-8-11-17(12-9-16)21-19-13-10-15(4-2)14-18(19)20/h8-14,20H,3-7H2,1-2H3. The largest absolute Gasteiger partial charge is 0.504 e. The quantitative estimate of drug-likeness (QED) is 0.682. The Morgan fingerprint density at radius 1 is 0.905 bits per heavy atom. The second-order valence-corrected chi connectivity index (χ2v) is 5.36. The Kier molecular flexibility index (Phi) is 5.68. The van der Waals surface area contributed by atoms with Gasteiger partial charge in [-0.3, -0.25) is 0 Å². The van der Waals surface area contributed by atoms with Gasteiger partial charge in [0.15, 0.2) is 11.5 Å². The number of hydrogen-bond acceptors (Lipinski definition) is 2. The molecule has 2 nitrogen and oxygen atoms in total. The normalized spacial score (nSPS) is 10.6. The number of unbranched alkanes of at least 4 members (excludes halogenated alkanes) is 2. The maximum Gasteiger partial charge on any atom is 0.169 e. The van der Waals surface area contributed by atoms with Crippen molar-refractivity contribution in [2.75, 3.05) is 0 Å². The van der Waals surface area contributed by atoms with E-state index >= 15 is 0 Å². The molecule has 0 fully saturated rings. The van der Waals surface area contributed by atoms with Gasteiger partial charge in [0.1, 0.15) is 5.75 Å². The van der Waals surface area contributed by atoms with E-state index < -0.39 is 0 Å². The molecule has 0 heterocycles. The summed E-state index contributed by atoms with van der Waals surface area (Å²) in [4.78, 5) is 0. The van der Waals surface area contributed by atoms with Crippen molar-refractivity contribution >= 4 is 0 Å². The molecule has 21 heavy (non-hydrogen) atoms. The average molecular weight is 284 g/mol. The van der Waals surface area contributed by atoms with E-state index in [1.165, 1.54) is 24.8 Å². The van der Waals surface area contributed by atoms with Gasteiger partial charge in [0, 0.05) is 0 Å². The van der Waals surface area contributed by atoms with Gasteiger partial charge >= 0.3 is 0 Å². The van der Waals surface area contributed by atoms with Crippen LogP contribution in [0.4, 0.5) is 0 Å². The molecular weight excluding hydrogens is 260 g/mol. The van der Waals surface area contributed by atoms with Crippen LogP contribution >= 0.6 is 0 Å². The first-order chi connectivity index (χ1) is 10.2. The van der Waals surface area contributed by atoms with E-state index in [2.05, 4.69) is 26.0 Å². The molecule has 0 amide bonds. The van der Waals surface area contributed by atoms with E-state index in [4.69, 9.17) is 4.74 Å². The summed E-state index contributed by atoms with van der Waals surface area (Å²) in [5.74, 6) is 1.46. The van der Waals surface area contributed by atoms with Crippen LogP contribution in [0.3, 0.4) is 0 Å². The first kappa shape index (κ1) is 15.4. The first-order valence-corrected chi connectivity index (χ1v) is 7.81. The molecule has 0 spiro atoms. The summed E-state index contributed by atoms with van der Waals surface area (Å²) in [7, 11) is 0. The highest BCUT2D eigenvalue weighted by molar-refractivity contribution is 5.44. The van der Waals surface area contributed by atoms with Crippen LogP contribution in [-0.4, -0.2) is 5.11 Å². The van der Waals surface area contributed by atoms with Crippen LogP contribution in [0.15, 0.2) is 42.5 Å². The SMILES string of the molecule is CCCCCc1ccc(Oc2ccc(CC)cc2O)cc1. The van der Waals surface area contributed by atoms with E-state index in [0.717, 1.165) is 24.2 Å². The summed E-state index contributed by atoms with van der Waals surface area (Å²) in [5.41, 5.74) is 2.44. The van der Waals surface area contributed by atoms with Gasteiger partial charge in [-0.1, -0.05) is 44.9 Å². The Morgan fingerprint density at radius 2 is 1.62 bits per heavy atom. The highest BCUT2D eigenvalue weighted by Crippen LogP contribution is 2.31. The molecule has 0 radical (unpaired) electrons. The van der Waals surface area contributed by atoms with Crippen LogP contribution in [0.5, 0.6) is 17.2 Å². The minimum Gasteiger partial charge on any atom is -0.504 e. The summed E-state index contributed by atoms with van der Waals surface area (Å²) in [5, 5.41) is 9.96. The predicted octanol–water partition coefficient (Wildman–Crippen LogP) is 5.48. The highest BCUT2D eigenvalue weighted by atomic mass is 16.5. The molecule has 0 aromatic heterocycles. The fourth-order valence-corrected chi connectivity index (χ4v) is 2.30. The molecular formula is C19H24O2. The van der Waals surface area contributed by atoms with Crippen molar-refractivity contribution in [1.82, 2.24) is 0 Å². The third-order valence-corrected chi connectivity index (χ3v) is 3.65. The minimum absolute atomic E-state index is 0.196. The zero-order valence-corrected chi connectivity index (χ0v) is 12.9. The zero-order chi connectivity index (χ0) is 15.1. The molecule has 0 saturated heterocycles. The molecule has 0 bridgehead atoms. The molecule has 2 rings (SSSR count). The van der Waals surface area contributed by atoms with Crippen molar-refractivity contribution < 1.29 is 9.84 Å². The zero-order valence-electron chi connectivity index (χ0n) is 12.9. The third kappa shape index (κ3) is 4.52. The first-order valence-electron chi connectivity index (χ1n) is 7.81. The van der Waals surface area contributed by atoms with Crippen LogP contribution in [0.25, 0.3) is 0 Å². The summed E-state index contributed by atoms with van der Waals surface area (Å²) in [6.45, 7) is 4.28. The second-order valence-electron chi connectivity index (χ2n) is 5.36. The number of phenols is 1. The fourth-order valence-electron chi connectivity index (χ4n) is 2.30. The minimum atomic E-state index is 0.196. The smallest absolute Gasteiger partial charge is 0.169 e. The Balaban J connectivity index is 1.99. The van der Waals surface area contributed by atoms with E-state index in [1.807, 2.05) is 24.3 Å². The number of aromatic hydroxyl groups is 1. The lowest BCUT2D eigenvalue weighted by atomic mass is 10.1. The van der Waals surface area contributed by atoms with Gasteiger partial charge in [-0.25, -0.2) is 0 Å². The molecule has 0 saturated carbocycles. The summed E-state index contributed by atoms with van der Waals surface area (Å²) in [6, 6.07) is 13.7.